The molecule has 0 aliphatic heterocycles. The molecule has 3 N–H and O–H groups in total. The minimum Gasteiger partial charge on any atom is -0.508 e. The van der Waals surface area contributed by atoms with Gasteiger partial charge in [0, 0.05) is 11.6 Å². The van der Waals surface area contributed by atoms with Crippen molar-refractivity contribution < 1.29 is 15.0 Å². The van der Waals surface area contributed by atoms with Crippen molar-refractivity contribution in [2.24, 2.45) is 0 Å². The second-order valence-electron chi connectivity index (χ2n) is 3.11. The van der Waals surface area contributed by atoms with E-state index < -0.39 is 0 Å². The number of aliphatic hydroxyl groups is 1. The number of rotatable bonds is 3. The Morgan fingerprint density at radius 1 is 1.57 bits per heavy atom. The predicted molar refractivity (Wildman–Crippen MR) is 52.1 cm³/mol. The Bertz CT molecular complexity index is 325. The third-order valence-electron chi connectivity index (χ3n) is 1.76. The maximum atomic E-state index is 11.4. The van der Waals surface area contributed by atoms with Gasteiger partial charge in [-0.3, -0.25) is 4.79 Å². The lowest BCUT2D eigenvalue weighted by molar-refractivity contribution is 0.0922. The first-order valence-electron chi connectivity index (χ1n) is 4.34. The summed E-state index contributed by atoms with van der Waals surface area (Å²) in [5, 5.41) is 20.4. The Morgan fingerprint density at radius 2 is 2.29 bits per heavy atom. The summed E-state index contributed by atoms with van der Waals surface area (Å²) in [6.07, 6.45) is 0. The Hall–Kier alpha value is -1.55. The molecule has 1 rings (SSSR count). The molecule has 4 nitrogen and oxygen atoms in total. The molecule has 0 unspecified atom stereocenters. The Balaban J connectivity index is 2.70. The number of phenolic OH excluding ortho intramolecular Hbond substituents is 1. The van der Waals surface area contributed by atoms with Gasteiger partial charge in [0.15, 0.2) is 0 Å². The van der Waals surface area contributed by atoms with Crippen LogP contribution in [-0.4, -0.2) is 28.8 Å². The van der Waals surface area contributed by atoms with Crippen LogP contribution in [0.2, 0.25) is 0 Å². The third kappa shape index (κ3) is 2.74. The molecule has 76 valence electrons. The summed E-state index contributed by atoms with van der Waals surface area (Å²) in [6.45, 7) is 1.59. The molecule has 0 aromatic heterocycles. The van der Waals surface area contributed by atoms with Crippen LogP contribution in [0.15, 0.2) is 24.3 Å². The monoisotopic (exact) mass is 195 g/mol. The molecule has 0 bridgehead atoms. The number of hydrogen-bond acceptors (Lipinski definition) is 3. The molecule has 0 aliphatic carbocycles. The molecule has 0 aliphatic rings. The minimum absolute atomic E-state index is 0.0503. The quantitative estimate of drug-likeness (QED) is 0.658. The number of amides is 1. The lowest BCUT2D eigenvalue weighted by atomic mass is 10.2. The van der Waals surface area contributed by atoms with E-state index in [0.29, 0.717) is 5.56 Å². The van der Waals surface area contributed by atoms with Gasteiger partial charge in [0.1, 0.15) is 5.75 Å². The number of aromatic hydroxyl groups is 1. The molecule has 1 aromatic rings. The van der Waals surface area contributed by atoms with Crippen LogP contribution in [0.1, 0.15) is 17.3 Å². The van der Waals surface area contributed by atoms with Crippen molar-refractivity contribution in [3.8, 4) is 5.75 Å². The summed E-state index contributed by atoms with van der Waals surface area (Å²) < 4.78 is 0. The van der Waals surface area contributed by atoms with Crippen LogP contribution in [-0.2, 0) is 0 Å². The minimum atomic E-state index is -0.303. The highest BCUT2D eigenvalue weighted by molar-refractivity contribution is 5.94. The Kier molecular flexibility index (Phi) is 3.48. The van der Waals surface area contributed by atoms with Crippen molar-refractivity contribution in [3.63, 3.8) is 0 Å². The lowest BCUT2D eigenvalue weighted by Crippen LogP contribution is -2.34. The molecule has 0 saturated carbocycles. The fourth-order valence-corrected chi connectivity index (χ4v) is 1.000. The molecule has 1 amide bonds. The molecule has 0 radical (unpaired) electrons. The molecule has 1 atom stereocenters. The smallest absolute Gasteiger partial charge is 0.251 e. The predicted octanol–water partition coefficient (Wildman–Crippen LogP) is 0.503. The first-order valence-corrected chi connectivity index (χ1v) is 4.34. The number of hydrogen-bond donors (Lipinski definition) is 3. The van der Waals surface area contributed by atoms with E-state index in [1.165, 1.54) is 12.1 Å². The average molecular weight is 195 g/mol. The van der Waals surface area contributed by atoms with Gasteiger partial charge in [0.2, 0.25) is 0 Å². The average Bonchev–Trinajstić information content (AvgIpc) is 2.17. The molecular formula is C10H13NO3. The molecule has 0 saturated heterocycles. The lowest BCUT2D eigenvalue weighted by Gasteiger charge is -2.10. The van der Waals surface area contributed by atoms with Crippen LogP contribution in [0.25, 0.3) is 0 Å². The van der Waals surface area contributed by atoms with E-state index in [9.17, 15) is 4.79 Å². The first kappa shape index (κ1) is 10.5. The fraction of sp³-hybridized carbons (Fsp3) is 0.300. The van der Waals surface area contributed by atoms with Gasteiger partial charge in [0.25, 0.3) is 5.91 Å². The van der Waals surface area contributed by atoms with Crippen LogP contribution >= 0.6 is 0 Å². The van der Waals surface area contributed by atoms with Gasteiger partial charge >= 0.3 is 0 Å². The van der Waals surface area contributed by atoms with Crippen molar-refractivity contribution in [2.75, 3.05) is 6.61 Å². The highest BCUT2D eigenvalue weighted by Crippen LogP contribution is 2.10. The van der Waals surface area contributed by atoms with Crippen LogP contribution in [0.4, 0.5) is 0 Å². The molecule has 0 fully saturated rings. The van der Waals surface area contributed by atoms with Gasteiger partial charge in [0.05, 0.1) is 6.61 Å². The van der Waals surface area contributed by atoms with E-state index in [-0.39, 0.29) is 24.3 Å². The second-order valence-corrected chi connectivity index (χ2v) is 3.11. The zero-order valence-corrected chi connectivity index (χ0v) is 7.90. The van der Waals surface area contributed by atoms with Crippen molar-refractivity contribution in [2.45, 2.75) is 13.0 Å². The summed E-state index contributed by atoms with van der Waals surface area (Å²) in [6, 6.07) is 5.77. The van der Waals surface area contributed by atoms with Crippen molar-refractivity contribution in [3.05, 3.63) is 29.8 Å². The van der Waals surface area contributed by atoms with E-state index in [0.717, 1.165) is 0 Å². The normalized spacial score (nSPS) is 12.1. The van der Waals surface area contributed by atoms with Crippen LogP contribution in [0.5, 0.6) is 5.75 Å². The van der Waals surface area contributed by atoms with E-state index in [1.54, 1.807) is 19.1 Å². The van der Waals surface area contributed by atoms with Crippen LogP contribution in [0.3, 0.4) is 0 Å². The third-order valence-corrected chi connectivity index (χ3v) is 1.76. The zero-order valence-electron chi connectivity index (χ0n) is 7.90. The summed E-state index contributed by atoms with van der Waals surface area (Å²) in [5.41, 5.74) is 0.380. The van der Waals surface area contributed by atoms with E-state index >= 15 is 0 Å². The highest BCUT2D eigenvalue weighted by atomic mass is 16.3. The van der Waals surface area contributed by atoms with Gasteiger partial charge in [-0.15, -0.1) is 0 Å². The number of aliphatic hydroxyl groups excluding tert-OH is 1. The molecule has 4 heteroatoms. The number of benzene rings is 1. The molecule has 1 aromatic carbocycles. The fourth-order valence-electron chi connectivity index (χ4n) is 1.000. The Labute approximate surface area is 82.2 Å². The first-order chi connectivity index (χ1) is 6.63. The van der Waals surface area contributed by atoms with Gasteiger partial charge in [-0.2, -0.15) is 0 Å². The standard InChI is InChI=1S/C10H13NO3/c1-7(6-12)11-10(14)8-3-2-4-9(13)5-8/h2-5,7,12-13H,6H2,1H3,(H,11,14)/t7-/m0/s1. The Morgan fingerprint density at radius 3 is 2.86 bits per heavy atom. The summed E-state index contributed by atoms with van der Waals surface area (Å²) in [7, 11) is 0. The number of carbonyl (C=O) groups excluding carboxylic acids is 1. The second kappa shape index (κ2) is 4.62. The van der Waals surface area contributed by atoms with Crippen LogP contribution in [0, 0.1) is 0 Å². The summed E-state index contributed by atoms with van der Waals surface area (Å²) >= 11 is 0. The highest BCUT2D eigenvalue weighted by Gasteiger charge is 2.08. The summed E-state index contributed by atoms with van der Waals surface area (Å²) in [5.74, 6) is -0.253. The van der Waals surface area contributed by atoms with E-state index in [1.807, 2.05) is 0 Å². The maximum Gasteiger partial charge on any atom is 0.251 e. The number of nitrogens with one attached hydrogen (secondary N) is 1. The van der Waals surface area contributed by atoms with Gasteiger partial charge in [-0.25, -0.2) is 0 Å². The van der Waals surface area contributed by atoms with Gasteiger partial charge in [-0.05, 0) is 25.1 Å². The largest absolute Gasteiger partial charge is 0.508 e. The molecule has 14 heavy (non-hydrogen) atoms. The van der Waals surface area contributed by atoms with E-state index in [2.05, 4.69) is 5.32 Å². The number of carbonyl (C=O) groups is 1. The van der Waals surface area contributed by atoms with E-state index in [4.69, 9.17) is 10.2 Å². The maximum absolute atomic E-state index is 11.4. The zero-order chi connectivity index (χ0) is 10.6. The molecular weight excluding hydrogens is 182 g/mol. The van der Waals surface area contributed by atoms with Gasteiger partial charge < -0.3 is 15.5 Å². The SMILES string of the molecule is C[C@@H](CO)NC(=O)c1cccc(O)c1. The van der Waals surface area contributed by atoms with Gasteiger partial charge in [-0.1, -0.05) is 6.07 Å². The summed E-state index contributed by atoms with van der Waals surface area (Å²) in [4.78, 5) is 11.4. The molecule has 0 spiro atoms. The topological polar surface area (TPSA) is 69.6 Å². The molecule has 0 heterocycles. The van der Waals surface area contributed by atoms with Crippen LogP contribution < -0.4 is 5.32 Å². The van der Waals surface area contributed by atoms with Crippen molar-refractivity contribution in [1.82, 2.24) is 5.32 Å². The van der Waals surface area contributed by atoms with Crippen molar-refractivity contribution in [1.29, 1.82) is 0 Å². The van der Waals surface area contributed by atoms with Crippen molar-refractivity contribution >= 4 is 5.91 Å². The number of phenols is 1.